The number of aromatic hydroxyl groups is 1. The number of benzene rings is 2. The number of carbonyl (C=O) groups is 2. The number of phenols is 1. The summed E-state index contributed by atoms with van der Waals surface area (Å²) >= 11 is 0. The average Bonchev–Trinajstić information content (AvgIpc) is 2.70. The van der Waals surface area contributed by atoms with Gasteiger partial charge in [-0.15, -0.1) is 0 Å². The fourth-order valence-corrected chi connectivity index (χ4v) is 3.12. The molecular formula is C22H28FN3O3. The maximum Gasteiger partial charge on any atom is 0.236 e. The van der Waals surface area contributed by atoms with Gasteiger partial charge in [0.05, 0.1) is 12.6 Å². The van der Waals surface area contributed by atoms with Crippen LogP contribution in [0, 0.1) is 5.82 Å². The maximum atomic E-state index is 14.4. The van der Waals surface area contributed by atoms with Crippen LogP contribution in [0.2, 0.25) is 0 Å². The third-order valence-electron chi connectivity index (χ3n) is 4.99. The number of nitrogens with one attached hydrogen (secondary N) is 1. The molecule has 2 aromatic rings. The summed E-state index contributed by atoms with van der Waals surface area (Å²) in [5, 5.41) is 12.8. The van der Waals surface area contributed by atoms with Gasteiger partial charge in [-0.1, -0.05) is 12.1 Å². The lowest BCUT2D eigenvalue weighted by Crippen LogP contribution is -2.41. The lowest BCUT2D eigenvalue weighted by molar-refractivity contribution is -0.130. The van der Waals surface area contributed by atoms with Crippen molar-refractivity contribution in [2.24, 2.45) is 5.73 Å². The van der Waals surface area contributed by atoms with Crippen molar-refractivity contribution in [3.63, 3.8) is 0 Å². The Balaban J connectivity index is 2.27. The van der Waals surface area contributed by atoms with Gasteiger partial charge in [0, 0.05) is 13.1 Å². The van der Waals surface area contributed by atoms with E-state index in [0.29, 0.717) is 23.8 Å². The highest BCUT2D eigenvalue weighted by Crippen LogP contribution is 2.28. The first-order valence-electron chi connectivity index (χ1n) is 9.48. The molecule has 6 nitrogen and oxygen atoms in total. The average molecular weight is 401 g/mol. The van der Waals surface area contributed by atoms with Gasteiger partial charge in [0.15, 0.2) is 0 Å². The van der Waals surface area contributed by atoms with Crippen molar-refractivity contribution < 1.29 is 19.1 Å². The highest BCUT2D eigenvalue weighted by atomic mass is 19.1. The molecule has 2 atom stereocenters. The maximum absolute atomic E-state index is 14.4. The zero-order chi connectivity index (χ0) is 21.6. The number of nitrogens with zero attached hydrogens (tertiary/aromatic N) is 1. The zero-order valence-electron chi connectivity index (χ0n) is 17.0. The Hall–Kier alpha value is -2.77. The fourth-order valence-electron chi connectivity index (χ4n) is 3.12. The molecule has 2 rings (SSSR count). The highest BCUT2D eigenvalue weighted by molar-refractivity contribution is 5.78. The van der Waals surface area contributed by atoms with Gasteiger partial charge < -0.3 is 25.9 Å². The van der Waals surface area contributed by atoms with Crippen LogP contribution in [-0.2, 0) is 22.4 Å². The molecule has 0 aromatic heterocycles. The number of aldehydes is 1. The van der Waals surface area contributed by atoms with Crippen LogP contribution in [0.25, 0.3) is 11.1 Å². The van der Waals surface area contributed by atoms with E-state index in [4.69, 9.17) is 5.73 Å². The number of carbonyl (C=O) groups excluding carboxylic acids is 2. The van der Waals surface area contributed by atoms with E-state index in [1.165, 1.54) is 12.1 Å². The van der Waals surface area contributed by atoms with Crippen molar-refractivity contribution in [1.29, 1.82) is 0 Å². The van der Waals surface area contributed by atoms with Gasteiger partial charge in [-0.3, -0.25) is 4.79 Å². The topological polar surface area (TPSA) is 95.7 Å². The Bertz CT molecular complexity index is 872. The third-order valence-corrected chi connectivity index (χ3v) is 4.99. The van der Waals surface area contributed by atoms with Crippen LogP contribution in [0.15, 0.2) is 36.4 Å². The first kappa shape index (κ1) is 22.5. The van der Waals surface area contributed by atoms with Gasteiger partial charge in [-0.05, 0) is 73.3 Å². The molecule has 0 aliphatic carbocycles. The number of phenolic OH excluding ortho intramolecular Hbond substituents is 1. The van der Waals surface area contributed by atoms with E-state index < -0.39 is 6.04 Å². The van der Waals surface area contributed by atoms with Gasteiger partial charge in [0.1, 0.15) is 17.9 Å². The molecule has 7 heteroatoms. The van der Waals surface area contributed by atoms with Crippen LogP contribution in [-0.4, -0.2) is 54.9 Å². The van der Waals surface area contributed by atoms with E-state index in [1.807, 2.05) is 6.92 Å². The van der Waals surface area contributed by atoms with E-state index >= 15 is 0 Å². The van der Waals surface area contributed by atoms with E-state index in [9.17, 15) is 19.1 Å². The summed E-state index contributed by atoms with van der Waals surface area (Å²) in [6.45, 7) is 2.10. The summed E-state index contributed by atoms with van der Waals surface area (Å²) in [6, 6.07) is 8.95. The minimum Gasteiger partial charge on any atom is -0.508 e. The van der Waals surface area contributed by atoms with E-state index in [0.717, 1.165) is 11.1 Å². The van der Waals surface area contributed by atoms with Gasteiger partial charge in [0.2, 0.25) is 5.91 Å². The third kappa shape index (κ3) is 5.85. The second-order valence-corrected chi connectivity index (χ2v) is 7.24. The lowest BCUT2D eigenvalue weighted by atomic mass is 9.96. The van der Waals surface area contributed by atoms with Crippen LogP contribution in [0.1, 0.15) is 18.1 Å². The van der Waals surface area contributed by atoms with Crippen LogP contribution in [0.5, 0.6) is 5.75 Å². The molecule has 0 spiro atoms. The molecule has 4 N–H and O–H groups in total. The second-order valence-electron chi connectivity index (χ2n) is 7.24. The number of hydrogen-bond acceptors (Lipinski definition) is 5. The number of hydrogen-bond donors (Lipinski definition) is 3. The van der Waals surface area contributed by atoms with Crippen LogP contribution in [0.4, 0.5) is 4.39 Å². The molecule has 2 aromatic carbocycles. The summed E-state index contributed by atoms with van der Waals surface area (Å²) in [7, 11) is 3.40. The predicted octanol–water partition coefficient (Wildman–Crippen LogP) is 1.88. The van der Waals surface area contributed by atoms with Crippen molar-refractivity contribution in [3.05, 3.63) is 53.3 Å². The molecular weight excluding hydrogens is 373 g/mol. The zero-order valence-corrected chi connectivity index (χ0v) is 17.0. The Kier molecular flexibility index (Phi) is 7.87. The quantitative estimate of drug-likeness (QED) is 0.558. The number of nitrogens with two attached hydrogens (primary N) is 1. The van der Waals surface area contributed by atoms with Crippen LogP contribution in [0.3, 0.4) is 0 Å². The highest BCUT2D eigenvalue weighted by Gasteiger charge is 2.18. The largest absolute Gasteiger partial charge is 0.508 e. The lowest BCUT2D eigenvalue weighted by Gasteiger charge is -2.25. The molecule has 1 amide bonds. The molecule has 0 aliphatic heterocycles. The summed E-state index contributed by atoms with van der Waals surface area (Å²) < 4.78 is 14.4. The molecule has 0 heterocycles. The summed E-state index contributed by atoms with van der Waals surface area (Å²) in [4.78, 5) is 24.5. The molecule has 0 saturated heterocycles. The Morgan fingerprint density at radius 2 is 1.83 bits per heavy atom. The van der Waals surface area contributed by atoms with Gasteiger partial charge in [0.25, 0.3) is 0 Å². The van der Waals surface area contributed by atoms with Crippen molar-refractivity contribution >= 4 is 12.2 Å². The normalized spacial score (nSPS) is 13.0. The molecule has 2 unspecified atom stereocenters. The smallest absolute Gasteiger partial charge is 0.236 e. The minimum absolute atomic E-state index is 0.0617. The Labute approximate surface area is 170 Å². The predicted molar refractivity (Wildman–Crippen MR) is 111 cm³/mol. The summed E-state index contributed by atoms with van der Waals surface area (Å²) in [5.74, 6) is -0.338. The fraction of sp³-hybridized carbons (Fsp3) is 0.364. The number of halogens is 1. The van der Waals surface area contributed by atoms with E-state index in [1.54, 1.807) is 43.3 Å². The molecule has 0 aliphatic rings. The van der Waals surface area contributed by atoms with Crippen molar-refractivity contribution in [2.45, 2.75) is 31.8 Å². The minimum atomic E-state index is -0.702. The van der Waals surface area contributed by atoms with Crippen molar-refractivity contribution in [1.82, 2.24) is 10.2 Å². The van der Waals surface area contributed by atoms with E-state index in [2.05, 4.69) is 5.32 Å². The second kappa shape index (κ2) is 10.1. The first-order valence-corrected chi connectivity index (χ1v) is 9.48. The first-order chi connectivity index (χ1) is 13.8. The summed E-state index contributed by atoms with van der Waals surface area (Å²) in [6.07, 6.45) is 1.22. The summed E-state index contributed by atoms with van der Waals surface area (Å²) in [5.41, 5.74) is 8.28. The molecule has 156 valence electrons. The molecule has 0 radical (unpaired) electrons. The van der Waals surface area contributed by atoms with Gasteiger partial charge in [-0.25, -0.2) is 4.39 Å². The van der Waals surface area contributed by atoms with E-state index in [-0.39, 0.29) is 36.5 Å². The number of amides is 1. The van der Waals surface area contributed by atoms with Gasteiger partial charge >= 0.3 is 0 Å². The molecule has 0 saturated carbocycles. The SMILES string of the molecule is CNCC(=O)N(C)C(C)Cc1cc(-c2ccc(O)c(CC(N)C=O)c2)ccc1F. The van der Waals surface area contributed by atoms with Gasteiger partial charge in [-0.2, -0.15) is 0 Å². The molecule has 0 bridgehead atoms. The van der Waals surface area contributed by atoms with Crippen molar-refractivity contribution in [2.75, 3.05) is 20.6 Å². The van der Waals surface area contributed by atoms with Crippen LogP contribution < -0.4 is 11.1 Å². The van der Waals surface area contributed by atoms with Crippen LogP contribution >= 0.6 is 0 Å². The number of rotatable bonds is 9. The Morgan fingerprint density at radius 1 is 1.21 bits per heavy atom. The number of likely N-dealkylation sites (N-methyl/N-ethyl adjacent to an activating group) is 2. The standard InChI is InChI=1S/C22H28FN3O3/c1-14(26(3)22(29)12-25-2)8-17-9-15(4-6-20(17)23)16-5-7-21(28)18(10-16)11-19(24)13-27/h4-7,9-10,13-14,19,25,28H,8,11-12,24H2,1-3H3. The monoisotopic (exact) mass is 401 g/mol. The molecule has 29 heavy (non-hydrogen) atoms. The Morgan fingerprint density at radius 3 is 2.45 bits per heavy atom. The van der Waals surface area contributed by atoms with Crippen molar-refractivity contribution in [3.8, 4) is 16.9 Å². The molecule has 0 fully saturated rings.